The topological polar surface area (TPSA) is 59.6 Å². The van der Waals surface area contributed by atoms with E-state index in [0.29, 0.717) is 11.9 Å². The zero-order valence-electron chi connectivity index (χ0n) is 15.3. The normalized spacial score (nSPS) is 15.2. The van der Waals surface area contributed by atoms with Crippen LogP contribution < -0.4 is 15.8 Å². The van der Waals surface area contributed by atoms with Gasteiger partial charge in [0.2, 0.25) is 0 Å². The Morgan fingerprint density at radius 1 is 1.04 bits per heavy atom. The number of benzene rings is 2. The molecule has 2 aromatic rings. The largest absolute Gasteiger partial charge is 0.481 e. The molecule has 3 N–H and O–H groups in total. The predicted molar refractivity (Wildman–Crippen MR) is 123 cm³/mol. The van der Waals surface area contributed by atoms with Crippen LogP contribution >= 0.6 is 49.6 Å². The third-order valence-corrected chi connectivity index (χ3v) is 4.03. The van der Waals surface area contributed by atoms with E-state index >= 15 is 0 Å². The first-order valence-corrected chi connectivity index (χ1v) is 8.03. The number of nitrogens with two attached hydrogens (primary N) is 1. The Kier molecular flexibility index (Phi) is 13.6. The molecule has 0 amide bonds. The number of nitrogens with one attached hydrogen (secondary N) is 1. The minimum absolute atomic E-state index is 0. The van der Waals surface area contributed by atoms with E-state index < -0.39 is 0 Å². The third-order valence-electron chi connectivity index (χ3n) is 4.03. The summed E-state index contributed by atoms with van der Waals surface area (Å²) in [4.78, 5) is 4.44. The molecule has 3 rings (SSSR count). The first-order valence-electron chi connectivity index (χ1n) is 8.03. The van der Waals surface area contributed by atoms with Gasteiger partial charge in [0.1, 0.15) is 17.3 Å². The SMILES string of the molecule is CC(Cc1ccc2c(c1)N=C(N)C(C)O2)NCc1ccccc1.Cl.Cl.Cl.Cl. The highest BCUT2D eigenvalue weighted by atomic mass is 35.5. The Morgan fingerprint density at radius 3 is 2.37 bits per heavy atom. The summed E-state index contributed by atoms with van der Waals surface area (Å²) in [6, 6.07) is 17.0. The molecule has 0 saturated carbocycles. The first kappa shape index (κ1) is 28.0. The van der Waals surface area contributed by atoms with E-state index in [4.69, 9.17) is 10.5 Å². The van der Waals surface area contributed by atoms with Gasteiger partial charge in [-0.2, -0.15) is 0 Å². The number of rotatable bonds is 5. The summed E-state index contributed by atoms with van der Waals surface area (Å²) in [5.74, 6) is 1.34. The maximum Gasteiger partial charge on any atom is 0.153 e. The van der Waals surface area contributed by atoms with Crippen LogP contribution in [0.25, 0.3) is 0 Å². The molecule has 1 aliphatic rings. The van der Waals surface area contributed by atoms with Gasteiger partial charge >= 0.3 is 0 Å². The van der Waals surface area contributed by atoms with Gasteiger partial charge in [0.05, 0.1) is 0 Å². The van der Waals surface area contributed by atoms with Crippen LogP contribution in [0.1, 0.15) is 25.0 Å². The molecule has 0 aliphatic carbocycles. The van der Waals surface area contributed by atoms with Gasteiger partial charge in [0.15, 0.2) is 6.10 Å². The van der Waals surface area contributed by atoms with E-state index in [1.54, 1.807) is 0 Å². The highest BCUT2D eigenvalue weighted by molar-refractivity contribution is 5.89. The van der Waals surface area contributed by atoms with Crippen molar-refractivity contribution >= 4 is 61.2 Å². The Labute approximate surface area is 186 Å². The molecule has 4 nitrogen and oxygen atoms in total. The molecule has 152 valence electrons. The molecule has 0 spiro atoms. The molecule has 27 heavy (non-hydrogen) atoms. The fourth-order valence-electron chi connectivity index (χ4n) is 2.67. The van der Waals surface area contributed by atoms with E-state index in [1.807, 2.05) is 19.1 Å². The Hall–Kier alpha value is -1.17. The molecule has 0 fully saturated rings. The van der Waals surface area contributed by atoms with Gasteiger partial charge in [-0.25, -0.2) is 4.99 Å². The van der Waals surface area contributed by atoms with Gasteiger partial charge in [-0.1, -0.05) is 36.4 Å². The number of aliphatic imine (C=N–C) groups is 1. The number of amidine groups is 1. The van der Waals surface area contributed by atoms with Crippen molar-refractivity contribution in [1.29, 1.82) is 0 Å². The van der Waals surface area contributed by atoms with Crippen molar-refractivity contribution in [3.05, 3.63) is 59.7 Å². The minimum atomic E-state index is -0.153. The quantitative estimate of drug-likeness (QED) is 0.677. The summed E-state index contributed by atoms with van der Waals surface area (Å²) in [6.07, 6.45) is 0.783. The summed E-state index contributed by atoms with van der Waals surface area (Å²) < 4.78 is 5.74. The van der Waals surface area contributed by atoms with Crippen molar-refractivity contribution in [1.82, 2.24) is 5.32 Å². The zero-order valence-corrected chi connectivity index (χ0v) is 18.5. The van der Waals surface area contributed by atoms with Crippen molar-refractivity contribution in [3.8, 4) is 5.75 Å². The number of hydrogen-bond donors (Lipinski definition) is 2. The third kappa shape index (κ3) is 7.76. The molecule has 2 unspecified atom stereocenters. The van der Waals surface area contributed by atoms with Crippen molar-refractivity contribution in [2.45, 2.75) is 39.0 Å². The second-order valence-corrected chi connectivity index (χ2v) is 6.07. The van der Waals surface area contributed by atoms with Crippen LogP contribution in [0.2, 0.25) is 0 Å². The van der Waals surface area contributed by atoms with E-state index in [-0.39, 0.29) is 55.7 Å². The van der Waals surface area contributed by atoms with E-state index in [9.17, 15) is 0 Å². The van der Waals surface area contributed by atoms with E-state index in [1.165, 1.54) is 11.1 Å². The number of hydrogen-bond acceptors (Lipinski definition) is 4. The molecule has 0 saturated heterocycles. The van der Waals surface area contributed by atoms with E-state index in [0.717, 1.165) is 24.4 Å². The van der Waals surface area contributed by atoms with Crippen LogP contribution in [0.4, 0.5) is 5.69 Å². The van der Waals surface area contributed by atoms with Crippen LogP contribution in [0.15, 0.2) is 53.5 Å². The van der Waals surface area contributed by atoms with Gasteiger partial charge in [-0.3, -0.25) is 0 Å². The average Bonchev–Trinajstić information content (AvgIpc) is 2.55. The predicted octanol–water partition coefficient (Wildman–Crippen LogP) is 4.86. The molecule has 0 bridgehead atoms. The first-order chi connectivity index (χ1) is 11.1. The van der Waals surface area contributed by atoms with Crippen LogP contribution in [0.3, 0.4) is 0 Å². The Bertz CT molecular complexity index is 713. The average molecular weight is 455 g/mol. The van der Waals surface area contributed by atoms with Crippen molar-refractivity contribution in [3.63, 3.8) is 0 Å². The molecule has 0 radical (unpaired) electrons. The number of fused-ring (bicyclic) bond motifs is 1. The lowest BCUT2D eigenvalue weighted by Gasteiger charge is -2.22. The van der Waals surface area contributed by atoms with Crippen LogP contribution in [-0.2, 0) is 13.0 Å². The molecule has 1 aliphatic heterocycles. The second kappa shape index (κ2) is 13.1. The number of nitrogens with zero attached hydrogens (tertiary/aromatic N) is 1. The van der Waals surface area contributed by atoms with Gasteiger partial charge in [0, 0.05) is 12.6 Å². The maximum absolute atomic E-state index is 5.87. The summed E-state index contributed by atoms with van der Waals surface area (Å²) >= 11 is 0. The fourth-order valence-corrected chi connectivity index (χ4v) is 2.67. The van der Waals surface area contributed by atoms with Crippen LogP contribution in [0.5, 0.6) is 5.75 Å². The van der Waals surface area contributed by atoms with Gasteiger partial charge in [0.25, 0.3) is 0 Å². The fraction of sp³-hybridized carbons (Fsp3) is 0.316. The summed E-state index contributed by atoms with van der Waals surface area (Å²) in [7, 11) is 0. The Morgan fingerprint density at radius 2 is 1.70 bits per heavy atom. The van der Waals surface area contributed by atoms with Crippen LogP contribution in [0, 0.1) is 0 Å². The van der Waals surface area contributed by atoms with Gasteiger partial charge < -0.3 is 15.8 Å². The lowest BCUT2D eigenvalue weighted by molar-refractivity contribution is 0.281. The highest BCUT2D eigenvalue weighted by Crippen LogP contribution is 2.33. The zero-order chi connectivity index (χ0) is 16.2. The maximum atomic E-state index is 5.87. The highest BCUT2D eigenvalue weighted by Gasteiger charge is 2.18. The molecule has 1 heterocycles. The summed E-state index contributed by atoms with van der Waals surface area (Å²) in [5, 5.41) is 3.55. The number of ether oxygens (including phenoxy) is 1. The van der Waals surface area contributed by atoms with Gasteiger partial charge in [-0.05, 0) is 43.5 Å². The second-order valence-electron chi connectivity index (χ2n) is 6.07. The monoisotopic (exact) mass is 453 g/mol. The molecular formula is C19H27Cl4N3O. The molecule has 0 aromatic heterocycles. The summed E-state index contributed by atoms with van der Waals surface area (Å²) in [5.41, 5.74) is 9.22. The lowest BCUT2D eigenvalue weighted by atomic mass is 10.0. The minimum Gasteiger partial charge on any atom is -0.481 e. The smallest absolute Gasteiger partial charge is 0.153 e. The standard InChI is InChI=1S/C19H23N3O.4ClH/c1-13(21-12-15-6-4-3-5-7-15)10-16-8-9-18-17(11-16)22-19(20)14(2)23-18;;;;/h3-9,11,13-14,21H,10,12H2,1-2H3,(H2,20,22);4*1H. The van der Waals surface area contributed by atoms with Crippen molar-refractivity contribution in [2.24, 2.45) is 10.7 Å². The van der Waals surface area contributed by atoms with E-state index in [2.05, 4.69) is 53.6 Å². The molecular weight excluding hydrogens is 428 g/mol. The Balaban J connectivity index is 0. The lowest BCUT2D eigenvalue weighted by Crippen LogP contribution is -2.33. The molecule has 2 aromatic carbocycles. The summed E-state index contributed by atoms with van der Waals surface area (Å²) in [6.45, 7) is 4.97. The molecule has 8 heteroatoms. The van der Waals surface area contributed by atoms with Crippen molar-refractivity contribution < 1.29 is 4.74 Å². The number of halogens is 4. The molecule has 2 atom stereocenters. The van der Waals surface area contributed by atoms with Crippen LogP contribution in [-0.4, -0.2) is 18.0 Å². The van der Waals surface area contributed by atoms with Crippen molar-refractivity contribution in [2.75, 3.05) is 0 Å². The van der Waals surface area contributed by atoms with Gasteiger partial charge in [-0.15, -0.1) is 49.6 Å².